The van der Waals surface area contributed by atoms with Gasteiger partial charge in [0, 0.05) is 12.7 Å². The molecule has 0 amide bonds. The lowest BCUT2D eigenvalue weighted by Crippen LogP contribution is -2.15. The SMILES string of the molecule is c1cnnc(NCCOC2CCCC2)c1. The molecule has 1 fully saturated rings. The van der Waals surface area contributed by atoms with Gasteiger partial charge in [-0.2, -0.15) is 5.10 Å². The maximum absolute atomic E-state index is 5.71. The standard InChI is InChI=1S/C11H17N3O/c1-2-5-10(4-1)15-9-8-12-11-6-3-7-13-14-11/h3,6-7,10H,1-2,4-5,8-9H2,(H,12,14). The molecule has 1 aromatic rings. The summed E-state index contributed by atoms with van der Waals surface area (Å²) < 4.78 is 5.71. The Hall–Kier alpha value is -1.16. The summed E-state index contributed by atoms with van der Waals surface area (Å²) in [5.74, 6) is 0.813. The molecule has 0 bridgehead atoms. The summed E-state index contributed by atoms with van der Waals surface area (Å²) in [5.41, 5.74) is 0. The van der Waals surface area contributed by atoms with Crippen molar-refractivity contribution >= 4 is 5.82 Å². The topological polar surface area (TPSA) is 47.0 Å². The van der Waals surface area contributed by atoms with Crippen LogP contribution >= 0.6 is 0 Å². The monoisotopic (exact) mass is 207 g/mol. The molecule has 1 aliphatic rings. The average molecular weight is 207 g/mol. The first-order valence-electron chi connectivity index (χ1n) is 5.58. The molecule has 1 aliphatic carbocycles. The van der Waals surface area contributed by atoms with Crippen molar-refractivity contribution in [3.05, 3.63) is 18.3 Å². The number of hydrogen-bond donors (Lipinski definition) is 1. The van der Waals surface area contributed by atoms with Crippen LogP contribution in [0.4, 0.5) is 5.82 Å². The molecule has 0 saturated heterocycles. The van der Waals surface area contributed by atoms with Crippen LogP contribution in [-0.2, 0) is 4.74 Å². The molecule has 0 unspecified atom stereocenters. The number of rotatable bonds is 5. The molecule has 0 radical (unpaired) electrons. The Morgan fingerprint density at radius 3 is 3.00 bits per heavy atom. The van der Waals surface area contributed by atoms with Gasteiger partial charge in [0.2, 0.25) is 0 Å². The highest BCUT2D eigenvalue weighted by molar-refractivity contribution is 5.30. The van der Waals surface area contributed by atoms with Gasteiger partial charge in [0.15, 0.2) is 0 Å². The van der Waals surface area contributed by atoms with Gasteiger partial charge in [-0.3, -0.25) is 0 Å². The average Bonchev–Trinajstić information content (AvgIpc) is 2.79. The highest BCUT2D eigenvalue weighted by atomic mass is 16.5. The van der Waals surface area contributed by atoms with E-state index in [2.05, 4.69) is 15.5 Å². The summed E-state index contributed by atoms with van der Waals surface area (Å²) in [5, 5.41) is 10.9. The molecule has 1 heterocycles. The van der Waals surface area contributed by atoms with Crippen molar-refractivity contribution in [3.8, 4) is 0 Å². The van der Waals surface area contributed by atoms with Gasteiger partial charge < -0.3 is 10.1 Å². The van der Waals surface area contributed by atoms with Gasteiger partial charge in [-0.15, -0.1) is 5.10 Å². The Balaban J connectivity index is 1.59. The van der Waals surface area contributed by atoms with Crippen LogP contribution in [-0.4, -0.2) is 29.5 Å². The lowest BCUT2D eigenvalue weighted by Gasteiger charge is -2.11. The Kier molecular flexibility index (Phi) is 3.91. The summed E-state index contributed by atoms with van der Waals surface area (Å²) in [6, 6.07) is 3.77. The molecule has 4 heteroatoms. The van der Waals surface area contributed by atoms with Gasteiger partial charge in [-0.1, -0.05) is 12.8 Å². The zero-order valence-electron chi connectivity index (χ0n) is 8.85. The Labute approximate surface area is 90.1 Å². The molecule has 2 rings (SSSR count). The second-order valence-electron chi connectivity index (χ2n) is 3.81. The lowest BCUT2D eigenvalue weighted by molar-refractivity contribution is 0.0658. The predicted octanol–water partition coefficient (Wildman–Crippen LogP) is 1.85. The predicted molar refractivity (Wildman–Crippen MR) is 58.7 cm³/mol. The smallest absolute Gasteiger partial charge is 0.148 e. The van der Waals surface area contributed by atoms with E-state index < -0.39 is 0 Å². The second kappa shape index (κ2) is 5.66. The number of hydrogen-bond acceptors (Lipinski definition) is 4. The first-order valence-corrected chi connectivity index (χ1v) is 5.58. The molecule has 0 aliphatic heterocycles. The van der Waals surface area contributed by atoms with E-state index in [4.69, 9.17) is 4.74 Å². The maximum Gasteiger partial charge on any atom is 0.148 e. The molecule has 1 saturated carbocycles. The third kappa shape index (κ3) is 3.47. The first-order chi connectivity index (χ1) is 7.45. The number of ether oxygens (including phenoxy) is 1. The van der Waals surface area contributed by atoms with Crippen LogP contribution in [0.5, 0.6) is 0 Å². The van der Waals surface area contributed by atoms with E-state index in [-0.39, 0.29) is 0 Å². The highest BCUT2D eigenvalue weighted by Crippen LogP contribution is 2.20. The van der Waals surface area contributed by atoms with Crippen LogP contribution in [0.3, 0.4) is 0 Å². The van der Waals surface area contributed by atoms with Crippen molar-refractivity contribution in [3.63, 3.8) is 0 Å². The molecule has 1 N–H and O–H groups in total. The van der Waals surface area contributed by atoms with Crippen molar-refractivity contribution < 1.29 is 4.74 Å². The first kappa shape index (κ1) is 10.4. The van der Waals surface area contributed by atoms with E-state index in [9.17, 15) is 0 Å². The van der Waals surface area contributed by atoms with Gasteiger partial charge in [-0.05, 0) is 25.0 Å². The molecular formula is C11H17N3O. The van der Waals surface area contributed by atoms with Crippen molar-refractivity contribution in [2.24, 2.45) is 0 Å². The van der Waals surface area contributed by atoms with Crippen LogP contribution in [0, 0.1) is 0 Å². The van der Waals surface area contributed by atoms with Gasteiger partial charge in [-0.25, -0.2) is 0 Å². The van der Waals surface area contributed by atoms with Crippen LogP contribution < -0.4 is 5.32 Å². The summed E-state index contributed by atoms with van der Waals surface area (Å²) in [4.78, 5) is 0. The summed E-state index contributed by atoms with van der Waals surface area (Å²) >= 11 is 0. The van der Waals surface area contributed by atoms with E-state index in [0.717, 1.165) is 19.0 Å². The Morgan fingerprint density at radius 1 is 1.40 bits per heavy atom. The van der Waals surface area contributed by atoms with Crippen molar-refractivity contribution in [1.29, 1.82) is 0 Å². The lowest BCUT2D eigenvalue weighted by atomic mass is 10.3. The highest BCUT2D eigenvalue weighted by Gasteiger charge is 2.14. The molecule has 82 valence electrons. The van der Waals surface area contributed by atoms with Gasteiger partial charge >= 0.3 is 0 Å². The van der Waals surface area contributed by atoms with E-state index in [1.165, 1.54) is 25.7 Å². The van der Waals surface area contributed by atoms with Crippen LogP contribution in [0.1, 0.15) is 25.7 Å². The quantitative estimate of drug-likeness (QED) is 0.748. The van der Waals surface area contributed by atoms with Gasteiger partial charge in [0.25, 0.3) is 0 Å². The molecule has 0 atom stereocenters. The van der Waals surface area contributed by atoms with Crippen LogP contribution in [0.25, 0.3) is 0 Å². The van der Waals surface area contributed by atoms with E-state index in [0.29, 0.717) is 6.10 Å². The Bertz CT molecular complexity index is 272. The fourth-order valence-electron chi connectivity index (χ4n) is 1.86. The number of aromatic nitrogens is 2. The van der Waals surface area contributed by atoms with Crippen molar-refractivity contribution in [1.82, 2.24) is 10.2 Å². The van der Waals surface area contributed by atoms with E-state index >= 15 is 0 Å². The van der Waals surface area contributed by atoms with Gasteiger partial charge in [0.1, 0.15) is 5.82 Å². The number of nitrogens with zero attached hydrogens (tertiary/aromatic N) is 2. The van der Waals surface area contributed by atoms with Crippen LogP contribution in [0.15, 0.2) is 18.3 Å². The number of nitrogens with one attached hydrogen (secondary N) is 1. The Morgan fingerprint density at radius 2 is 2.27 bits per heavy atom. The third-order valence-electron chi connectivity index (χ3n) is 2.64. The molecule has 1 aromatic heterocycles. The maximum atomic E-state index is 5.71. The minimum Gasteiger partial charge on any atom is -0.376 e. The normalized spacial score (nSPS) is 16.8. The minimum absolute atomic E-state index is 0.494. The van der Waals surface area contributed by atoms with E-state index in [1.807, 2.05) is 12.1 Å². The molecule has 15 heavy (non-hydrogen) atoms. The van der Waals surface area contributed by atoms with Gasteiger partial charge in [0.05, 0.1) is 12.7 Å². The second-order valence-corrected chi connectivity index (χ2v) is 3.81. The largest absolute Gasteiger partial charge is 0.376 e. The molecule has 0 aromatic carbocycles. The molecular weight excluding hydrogens is 190 g/mol. The van der Waals surface area contributed by atoms with Crippen molar-refractivity contribution in [2.75, 3.05) is 18.5 Å². The number of anilines is 1. The molecule has 0 spiro atoms. The zero-order chi connectivity index (χ0) is 10.3. The summed E-state index contributed by atoms with van der Waals surface area (Å²) in [7, 11) is 0. The fourth-order valence-corrected chi connectivity index (χ4v) is 1.86. The molecule has 4 nitrogen and oxygen atoms in total. The van der Waals surface area contributed by atoms with E-state index in [1.54, 1.807) is 6.20 Å². The summed E-state index contributed by atoms with van der Waals surface area (Å²) in [6.07, 6.45) is 7.26. The zero-order valence-corrected chi connectivity index (χ0v) is 8.85. The third-order valence-corrected chi connectivity index (χ3v) is 2.64. The fraction of sp³-hybridized carbons (Fsp3) is 0.636. The summed E-state index contributed by atoms with van der Waals surface area (Å²) in [6.45, 7) is 1.55. The van der Waals surface area contributed by atoms with Crippen LogP contribution in [0.2, 0.25) is 0 Å². The minimum atomic E-state index is 0.494. The van der Waals surface area contributed by atoms with Crippen molar-refractivity contribution in [2.45, 2.75) is 31.8 Å².